The Labute approximate surface area is 173 Å². The number of hydrogen-bond acceptors (Lipinski definition) is 4. The fourth-order valence-electron chi connectivity index (χ4n) is 4.20. The number of rotatable bonds is 8. The number of aromatic nitrogens is 3. The monoisotopic (exact) mass is 405 g/mol. The van der Waals surface area contributed by atoms with E-state index in [0.717, 1.165) is 60.9 Å². The van der Waals surface area contributed by atoms with Gasteiger partial charge in [-0.15, -0.1) is 10.2 Å². The van der Waals surface area contributed by atoms with Crippen molar-refractivity contribution in [3.05, 3.63) is 40.4 Å². The summed E-state index contributed by atoms with van der Waals surface area (Å²) in [6.45, 7) is 7.01. The maximum atomic E-state index is 6.24. The third-order valence-electron chi connectivity index (χ3n) is 5.60. The number of benzene rings is 1. The van der Waals surface area contributed by atoms with Crippen molar-refractivity contribution >= 4 is 11.6 Å². The second-order valence-corrected chi connectivity index (χ2v) is 8.10. The van der Waals surface area contributed by atoms with Crippen molar-refractivity contribution in [2.45, 2.75) is 77.4 Å². The predicted octanol–water partition coefficient (Wildman–Crippen LogP) is 5.12. The standard InChI is InChI=1S/C22H32ClN3O2/c1-5-16-13-18(23)9-12-20(16)26-21(6-2)24-25-22(26)17-7-10-19(11-8-17)28-15(3)14-27-4/h9,12-13,15,17,19H,5-8,10-11,14H2,1-4H3/t15-,17?,19?/m0/s1. The lowest BCUT2D eigenvalue weighted by atomic mass is 9.86. The topological polar surface area (TPSA) is 49.2 Å². The van der Waals surface area contributed by atoms with Crippen LogP contribution in [0.1, 0.15) is 69.6 Å². The molecule has 3 rings (SSSR count). The molecule has 0 N–H and O–H groups in total. The van der Waals surface area contributed by atoms with Gasteiger partial charge in [0.15, 0.2) is 0 Å². The zero-order valence-electron chi connectivity index (χ0n) is 17.4. The van der Waals surface area contributed by atoms with E-state index in [1.54, 1.807) is 7.11 Å². The molecule has 1 aromatic heterocycles. The number of halogens is 1. The average molecular weight is 406 g/mol. The summed E-state index contributed by atoms with van der Waals surface area (Å²) in [4.78, 5) is 0. The molecule has 1 saturated carbocycles. The van der Waals surface area contributed by atoms with Crippen LogP contribution in [-0.2, 0) is 22.3 Å². The minimum atomic E-state index is 0.142. The zero-order valence-corrected chi connectivity index (χ0v) is 18.2. The molecule has 0 saturated heterocycles. The summed E-state index contributed by atoms with van der Waals surface area (Å²) < 4.78 is 13.6. The second-order valence-electron chi connectivity index (χ2n) is 7.67. The highest BCUT2D eigenvalue weighted by molar-refractivity contribution is 6.30. The maximum Gasteiger partial charge on any atom is 0.140 e. The Hall–Kier alpha value is -1.43. The van der Waals surface area contributed by atoms with E-state index >= 15 is 0 Å². The first-order valence-corrected chi connectivity index (χ1v) is 10.8. The molecule has 1 aliphatic carbocycles. The van der Waals surface area contributed by atoms with Crippen LogP contribution in [-0.4, -0.2) is 40.7 Å². The Kier molecular flexibility index (Phi) is 7.49. The Morgan fingerprint density at radius 3 is 2.54 bits per heavy atom. The van der Waals surface area contributed by atoms with Gasteiger partial charge in [0, 0.05) is 24.5 Å². The molecule has 1 aliphatic rings. The summed E-state index contributed by atoms with van der Waals surface area (Å²) in [5.74, 6) is 2.50. The highest BCUT2D eigenvalue weighted by atomic mass is 35.5. The van der Waals surface area contributed by atoms with Crippen molar-refractivity contribution in [1.82, 2.24) is 14.8 Å². The lowest BCUT2D eigenvalue weighted by Gasteiger charge is -2.30. The van der Waals surface area contributed by atoms with Gasteiger partial charge in [0.1, 0.15) is 11.6 Å². The number of nitrogens with zero attached hydrogens (tertiary/aromatic N) is 3. The van der Waals surface area contributed by atoms with Crippen molar-refractivity contribution in [2.24, 2.45) is 0 Å². The van der Waals surface area contributed by atoms with Crippen LogP contribution in [0.4, 0.5) is 0 Å². The van der Waals surface area contributed by atoms with E-state index in [-0.39, 0.29) is 6.10 Å². The summed E-state index contributed by atoms with van der Waals surface area (Å²) in [6, 6.07) is 6.12. The molecule has 0 amide bonds. The van der Waals surface area contributed by atoms with Crippen molar-refractivity contribution in [2.75, 3.05) is 13.7 Å². The van der Waals surface area contributed by atoms with Crippen LogP contribution < -0.4 is 0 Å². The smallest absolute Gasteiger partial charge is 0.140 e. The lowest BCUT2D eigenvalue weighted by Crippen LogP contribution is -2.28. The van der Waals surface area contributed by atoms with Crippen LogP contribution in [0.15, 0.2) is 18.2 Å². The van der Waals surface area contributed by atoms with Crippen LogP contribution >= 0.6 is 11.6 Å². The number of ether oxygens (including phenoxy) is 2. The van der Waals surface area contributed by atoms with Gasteiger partial charge < -0.3 is 9.47 Å². The highest BCUT2D eigenvalue weighted by Crippen LogP contribution is 2.36. The molecule has 0 radical (unpaired) electrons. The fourth-order valence-corrected chi connectivity index (χ4v) is 4.40. The van der Waals surface area contributed by atoms with Crippen molar-refractivity contribution in [3.63, 3.8) is 0 Å². The van der Waals surface area contributed by atoms with Gasteiger partial charge in [-0.05, 0) is 62.8 Å². The molecule has 2 aromatic rings. The lowest BCUT2D eigenvalue weighted by molar-refractivity contribution is -0.0538. The van der Waals surface area contributed by atoms with Crippen molar-refractivity contribution in [3.8, 4) is 5.69 Å². The summed E-state index contributed by atoms with van der Waals surface area (Å²) in [7, 11) is 1.72. The summed E-state index contributed by atoms with van der Waals surface area (Å²) in [6.07, 6.45) is 6.47. The average Bonchev–Trinajstić information content (AvgIpc) is 3.12. The Morgan fingerprint density at radius 1 is 1.14 bits per heavy atom. The first-order chi connectivity index (χ1) is 13.6. The van der Waals surface area contributed by atoms with Gasteiger partial charge in [0.05, 0.1) is 24.5 Å². The maximum absolute atomic E-state index is 6.24. The van der Waals surface area contributed by atoms with Crippen molar-refractivity contribution in [1.29, 1.82) is 0 Å². The van der Waals surface area contributed by atoms with Gasteiger partial charge >= 0.3 is 0 Å². The molecule has 5 nitrogen and oxygen atoms in total. The predicted molar refractivity (Wildman–Crippen MR) is 113 cm³/mol. The summed E-state index contributed by atoms with van der Waals surface area (Å²) >= 11 is 6.24. The number of methoxy groups -OCH3 is 1. The largest absolute Gasteiger partial charge is 0.382 e. The summed E-state index contributed by atoms with van der Waals surface area (Å²) in [5.41, 5.74) is 2.39. The minimum absolute atomic E-state index is 0.142. The normalized spacial score (nSPS) is 21.0. The van der Waals surface area contributed by atoms with E-state index in [1.165, 1.54) is 5.56 Å². The molecular formula is C22H32ClN3O2. The molecule has 0 spiro atoms. The summed E-state index contributed by atoms with van der Waals surface area (Å²) in [5, 5.41) is 9.90. The van der Waals surface area contributed by atoms with E-state index in [0.29, 0.717) is 18.6 Å². The molecule has 6 heteroatoms. The van der Waals surface area contributed by atoms with E-state index in [1.807, 2.05) is 6.07 Å². The fraction of sp³-hybridized carbons (Fsp3) is 0.636. The molecule has 1 heterocycles. The quantitative estimate of drug-likeness (QED) is 0.611. The zero-order chi connectivity index (χ0) is 20.1. The van der Waals surface area contributed by atoms with Crippen LogP contribution in [0.5, 0.6) is 0 Å². The van der Waals surface area contributed by atoms with E-state index in [4.69, 9.17) is 21.1 Å². The second kappa shape index (κ2) is 9.86. The van der Waals surface area contributed by atoms with Crippen LogP contribution in [0.25, 0.3) is 5.69 Å². The third-order valence-corrected chi connectivity index (χ3v) is 5.84. The van der Waals surface area contributed by atoms with E-state index in [2.05, 4.69) is 47.7 Å². The molecule has 1 aromatic carbocycles. The van der Waals surface area contributed by atoms with Gasteiger partial charge in [0.25, 0.3) is 0 Å². The molecule has 1 atom stereocenters. The van der Waals surface area contributed by atoms with Gasteiger partial charge in [-0.25, -0.2) is 0 Å². The van der Waals surface area contributed by atoms with Gasteiger partial charge in [-0.1, -0.05) is 25.4 Å². The first-order valence-electron chi connectivity index (χ1n) is 10.4. The Bertz CT molecular complexity index is 769. The minimum Gasteiger partial charge on any atom is -0.382 e. The Balaban J connectivity index is 1.81. The SMILES string of the molecule is CCc1cc(Cl)ccc1-n1c(CC)nnc1C1CCC(O[C@@H](C)COC)CC1. The molecule has 0 unspecified atom stereocenters. The molecule has 154 valence electrons. The molecule has 0 bridgehead atoms. The first kappa shape index (κ1) is 21.3. The molecule has 28 heavy (non-hydrogen) atoms. The van der Waals surface area contributed by atoms with Crippen LogP contribution in [0.3, 0.4) is 0 Å². The number of hydrogen-bond donors (Lipinski definition) is 0. The Morgan fingerprint density at radius 2 is 1.89 bits per heavy atom. The van der Waals surface area contributed by atoms with Gasteiger partial charge in [-0.3, -0.25) is 4.57 Å². The van der Waals surface area contributed by atoms with Crippen molar-refractivity contribution < 1.29 is 9.47 Å². The van der Waals surface area contributed by atoms with E-state index < -0.39 is 0 Å². The van der Waals surface area contributed by atoms with Crippen LogP contribution in [0.2, 0.25) is 5.02 Å². The van der Waals surface area contributed by atoms with E-state index in [9.17, 15) is 0 Å². The molecule has 0 aliphatic heterocycles. The number of aryl methyl sites for hydroxylation is 2. The third kappa shape index (κ3) is 4.76. The van der Waals surface area contributed by atoms with Crippen LogP contribution in [0, 0.1) is 0 Å². The van der Waals surface area contributed by atoms with Gasteiger partial charge in [0.2, 0.25) is 0 Å². The van der Waals surface area contributed by atoms with Gasteiger partial charge in [-0.2, -0.15) is 0 Å². The molecular weight excluding hydrogens is 374 g/mol. The highest BCUT2D eigenvalue weighted by Gasteiger charge is 2.29. The molecule has 1 fully saturated rings.